The van der Waals surface area contributed by atoms with Gasteiger partial charge in [0.25, 0.3) is 0 Å². The summed E-state index contributed by atoms with van der Waals surface area (Å²) in [5.74, 6) is 0.800. The molecule has 0 atom stereocenters. The zero-order valence-electron chi connectivity index (χ0n) is 8.57. The summed E-state index contributed by atoms with van der Waals surface area (Å²) >= 11 is 0. The second kappa shape index (κ2) is 5.89. The highest BCUT2D eigenvalue weighted by Gasteiger charge is 2.10. The Morgan fingerprint density at radius 2 is 2.31 bits per heavy atom. The van der Waals surface area contributed by atoms with Gasteiger partial charge in [-0.25, -0.2) is 9.18 Å². The van der Waals surface area contributed by atoms with E-state index in [0.717, 1.165) is 12.1 Å². The molecule has 0 aliphatic heterocycles. The van der Waals surface area contributed by atoms with Crippen molar-refractivity contribution >= 4 is 5.97 Å². The minimum Gasteiger partial charge on any atom is -0.478 e. The quantitative estimate of drug-likeness (QED) is 0.612. The van der Waals surface area contributed by atoms with Crippen molar-refractivity contribution in [1.29, 1.82) is 0 Å². The van der Waals surface area contributed by atoms with E-state index < -0.39 is 11.8 Å². The zero-order valence-corrected chi connectivity index (χ0v) is 8.57. The van der Waals surface area contributed by atoms with Crippen LogP contribution >= 0.6 is 0 Å². The van der Waals surface area contributed by atoms with E-state index in [4.69, 9.17) is 16.3 Å². The van der Waals surface area contributed by atoms with Gasteiger partial charge in [0.15, 0.2) is 0 Å². The fourth-order valence-electron chi connectivity index (χ4n) is 1.20. The number of hydrogen-bond acceptors (Lipinski definition) is 2. The van der Waals surface area contributed by atoms with E-state index >= 15 is 0 Å². The summed E-state index contributed by atoms with van der Waals surface area (Å²) in [6.07, 6.45) is 5.47. The highest BCUT2D eigenvalue weighted by Crippen LogP contribution is 2.12. The molecular formula is C12H11FO3. The molecule has 0 spiro atoms. The first kappa shape index (κ1) is 12.2. The van der Waals surface area contributed by atoms with E-state index in [2.05, 4.69) is 5.92 Å². The number of carboxylic acids is 1. The van der Waals surface area contributed by atoms with Crippen LogP contribution in [0.2, 0.25) is 0 Å². The Morgan fingerprint density at radius 3 is 2.94 bits per heavy atom. The van der Waals surface area contributed by atoms with Gasteiger partial charge in [0.2, 0.25) is 0 Å². The molecule has 0 heterocycles. The van der Waals surface area contributed by atoms with Crippen LogP contribution in [-0.2, 0) is 11.3 Å². The van der Waals surface area contributed by atoms with Gasteiger partial charge in [0, 0.05) is 6.42 Å². The molecule has 1 aromatic rings. The normalized spacial score (nSPS) is 9.75. The molecule has 0 aliphatic rings. The molecule has 0 aromatic heterocycles. The van der Waals surface area contributed by atoms with Gasteiger partial charge in [-0.2, -0.15) is 0 Å². The lowest BCUT2D eigenvalue weighted by Crippen LogP contribution is -2.05. The summed E-state index contributed by atoms with van der Waals surface area (Å²) in [6.45, 7) is 0.368. The number of carboxylic acid groups (broad SMARTS) is 1. The summed E-state index contributed by atoms with van der Waals surface area (Å²) < 4.78 is 18.0. The monoisotopic (exact) mass is 222 g/mol. The highest BCUT2D eigenvalue weighted by atomic mass is 19.1. The van der Waals surface area contributed by atoms with Crippen LogP contribution in [0.15, 0.2) is 18.2 Å². The zero-order chi connectivity index (χ0) is 12.0. The van der Waals surface area contributed by atoms with Gasteiger partial charge in [0.1, 0.15) is 5.82 Å². The van der Waals surface area contributed by atoms with Gasteiger partial charge in [0.05, 0.1) is 18.8 Å². The van der Waals surface area contributed by atoms with E-state index in [-0.39, 0.29) is 12.2 Å². The maximum Gasteiger partial charge on any atom is 0.336 e. The fraction of sp³-hybridized carbons (Fsp3) is 0.250. The van der Waals surface area contributed by atoms with Gasteiger partial charge in [-0.3, -0.25) is 0 Å². The number of terminal acetylenes is 1. The van der Waals surface area contributed by atoms with Gasteiger partial charge in [-0.15, -0.1) is 12.3 Å². The van der Waals surface area contributed by atoms with E-state index in [1.807, 2.05) is 0 Å². The van der Waals surface area contributed by atoms with Crippen LogP contribution in [0.5, 0.6) is 0 Å². The Bertz CT molecular complexity index is 421. The van der Waals surface area contributed by atoms with Crippen LogP contribution in [0.3, 0.4) is 0 Å². The van der Waals surface area contributed by atoms with Crippen molar-refractivity contribution in [2.45, 2.75) is 13.0 Å². The lowest BCUT2D eigenvalue weighted by molar-refractivity contribution is 0.0688. The third-order valence-corrected chi connectivity index (χ3v) is 1.95. The Kier molecular flexibility index (Phi) is 4.49. The second-order valence-electron chi connectivity index (χ2n) is 3.11. The van der Waals surface area contributed by atoms with Crippen molar-refractivity contribution in [2.24, 2.45) is 0 Å². The maximum atomic E-state index is 12.9. The summed E-state index contributed by atoms with van der Waals surface area (Å²) in [4.78, 5) is 10.8. The van der Waals surface area contributed by atoms with E-state index in [1.54, 1.807) is 0 Å². The van der Waals surface area contributed by atoms with Crippen molar-refractivity contribution < 1.29 is 19.0 Å². The van der Waals surface area contributed by atoms with Gasteiger partial charge < -0.3 is 9.84 Å². The molecule has 1 N–H and O–H groups in total. The minimum absolute atomic E-state index is 0.0427. The average Bonchev–Trinajstić information content (AvgIpc) is 2.24. The molecule has 16 heavy (non-hydrogen) atoms. The van der Waals surface area contributed by atoms with Crippen LogP contribution in [0.4, 0.5) is 4.39 Å². The van der Waals surface area contributed by atoms with Crippen LogP contribution in [0, 0.1) is 18.2 Å². The first-order chi connectivity index (χ1) is 7.65. The highest BCUT2D eigenvalue weighted by molar-refractivity contribution is 5.89. The molecule has 84 valence electrons. The third kappa shape index (κ3) is 3.37. The van der Waals surface area contributed by atoms with E-state index in [9.17, 15) is 9.18 Å². The summed E-state index contributed by atoms with van der Waals surface area (Å²) in [7, 11) is 0. The Labute approximate surface area is 92.9 Å². The molecule has 0 amide bonds. The van der Waals surface area contributed by atoms with Gasteiger partial charge in [-0.05, 0) is 23.8 Å². The Morgan fingerprint density at radius 1 is 1.56 bits per heavy atom. The smallest absolute Gasteiger partial charge is 0.336 e. The van der Waals surface area contributed by atoms with E-state index in [0.29, 0.717) is 18.6 Å². The SMILES string of the molecule is C#CCCOCc1cc(F)ccc1C(=O)O. The largest absolute Gasteiger partial charge is 0.478 e. The molecule has 1 rings (SSSR count). The molecule has 0 aliphatic carbocycles. The fourth-order valence-corrected chi connectivity index (χ4v) is 1.20. The van der Waals surface area contributed by atoms with Crippen LogP contribution in [-0.4, -0.2) is 17.7 Å². The number of carbonyl (C=O) groups is 1. The lowest BCUT2D eigenvalue weighted by Gasteiger charge is -2.06. The standard InChI is InChI=1S/C12H11FO3/c1-2-3-6-16-8-9-7-10(13)4-5-11(9)12(14)15/h1,4-5,7H,3,6,8H2,(H,14,15). The molecule has 0 radical (unpaired) electrons. The predicted molar refractivity (Wildman–Crippen MR) is 56.5 cm³/mol. The molecule has 0 fully saturated rings. The molecule has 0 bridgehead atoms. The molecule has 3 nitrogen and oxygen atoms in total. The number of benzene rings is 1. The number of ether oxygens (including phenoxy) is 1. The van der Waals surface area contributed by atoms with Crippen molar-refractivity contribution in [3.05, 3.63) is 35.1 Å². The van der Waals surface area contributed by atoms with Crippen molar-refractivity contribution in [3.63, 3.8) is 0 Å². The first-order valence-corrected chi connectivity index (χ1v) is 4.68. The molecule has 0 unspecified atom stereocenters. The number of hydrogen-bond donors (Lipinski definition) is 1. The van der Waals surface area contributed by atoms with Gasteiger partial charge in [-0.1, -0.05) is 0 Å². The number of aromatic carboxylic acids is 1. The van der Waals surface area contributed by atoms with Crippen molar-refractivity contribution in [1.82, 2.24) is 0 Å². The van der Waals surface area contributed by atoms with Gasteiger partial charge >= 0.3 is 5.97 Å². The third-order valence-electron chi connectivity index (χ3n) is 1.95. The molecule has 1 aromatic carbocycles. The topological polar surface area (TPSA) is 46.5 Å². The Hall–Kier alpha value is -1.86. The van der Waals surface area contributed by atoms with E-state index in [1.165, 1.54) is 6.07 Å². The summed E-state index contributed by atoms with van der Waals surface area (Å²) in [5, 5.41) is 8.85. The summed E-state index contributed by atoms with van der Waals surface area (Å²) in [6, 6.07) is 3.48. The number of halogens is 1. The molecule has 0 saturated carbocycles. The van der Waals surface area contributed by atoms with Crippen LogP contribution in [0.1, 0.15) is 22.3 Å². The average molecular weight is 222 g/mol. The molecule has 0 saturated heterocycles. The summed E-state index contributed by atoms with van der Waals surface area (Å²) in [5.41, 5.74) is 0.353. The van der Waals surface area contributed by atoms with Crippen molar-refractivity contribution in [3.8, 4) is 12.3 Å². The molecular weight excluding hydrogens is 211 g/mol. The minimum atomic E-state index is -1.10. The first-order valence-electron chi connectivity index (χ1n) is 4.68. The number of rotatable bonds is 5. The second-order valence-corrected chi connectivity index (χ2v) is 3.11. The predicted octanol–water partition coefficient (Wildman–Crippen LogP) is 2.06. The van der Waals surface area contributed by atoms with Crippen LogP contribution < -0.4 is 0 Å². The lowest BCUT2D eigenvalue weighted by atomic mass is 10.1. The maximum absolute atomic E-state index is 12.9. The van der Waals surface area contributed by atoms with Crippen molar-refractivity contribution in [2.75, 3.05) is 6.61 Å². The van der Waals surface area contributed by atoms with Crippen LogP contribution in [0.25, 0.3) is 0 Å². The molecule has 4 heteroatoms. The Balaban J connectivity index is 2.73.